The molecule has 0 amide bonds. The van der Waals surface area contributed by atoms with Crippen molar-refractivity contribution in [3.05, 3.63) is 28.5 Å². The Morgan fingerprint density at radius 2 is 2.36 bits per heavy atom. The highest BCUT2D eigenvalue weighted by Crippen LogP contribution is 2.07. The van der Waals surface area contributed by atoms with Crippen LogP contribution >= 0.6 is 15.9 Å². The van der Waals surface area contributed by atoms with Crippen molar-refractivity contribution in [1.29, 1.82) is 0 Å². The third-order valence-electron chi connectivity index (χ3n) is 1.29. The lowest BCUT2D eigenvalue weighted by Gasteiger charge is -1.96. The van der Waals surface area contributed by atoms with Crippen molar-refractivity contribution >= 4 is 21.6 Å². The first-order valence-corrected chi connectivity index (χ1v) is 3.89. The Morgan fingerprint density at radius 1 is 1.64 bits per heavy atom. The third kappa shape index (κ3) is 2.01. The van der Waals surface area contributed by atoms with E-state index in [4.69, 9.17) is 5.84 Å². The van der Waals surface area contributed by atoms with Gasteiger partial charge in [0.1, 0.15) is 0 Å². The molecule has 4 heteroatoms. The lowest BCUT2D eigenvalue weighted by Crippen LogP contribution is -2.00. The minimum atomic E-state index is 0.734. The highest BCUT2D eigenvalue weighted by atomic mass is 79.9. The molecule has 0 spiro atoms. The van der Waals surface area contributed by atoms with Gasteiger partial charge in [-0.15, -0.1) is 0 Å². The molecule has 0 aliphatic rings. The molecule has 58 valence electrons. The standard InChI is InChI=1S/C7H8BrN3/c1-5(11-9)7-3-2-6(8)4-10-7/h2-4H,9H2,1H3. The zero-order chi connectivity index (χ0) is 8.27. The molecule has 1 aromatic heterocycles. The molecule has 0 aliphatic heterocycles. The van der Waals surface area contributed by atoms with Crippen molar-refractivity contribution in [3.63, 3.8) is 0 Å². The Labute approximate surface area is 73.5 Å². The van der Waals surface area contributed by atoms with Gasteiger partial charge in [-0.1, -0.05) is 0 Å². The van der Waals surface area contributed by atoms with E-state index in [2.05, 4.69) is 26.0 Å². The number of hydrazone groups is 1. The topological polar surface area (TPSA) is 51.3 Å². The van der Waals surface area contributed by atoms with Gasteiger partial charge in [-0.3, -0.25) is 4.98 Å². The van der Waals surface area contributed by atoms with Gasteiger partial charge in [0.05, 0.1) is 11.4 Å². The van der Waals surface area contributed by atoms with Crippen LogP contribution in [0.4, 0.5) is 0 Å². The number of halogens is 1. The molecule has 0 saturated carbocycles. The Balaban J connectivity index is 2.99. The van der Waals surface area contributed by atoms with Crippen LogP contribution in [0, 0.1) is 0 Å². The summed E-state index contributed by atoms with van der Waals surface area (Å²) >= 11 is 3.28. The van der Waals surface area contributed by atoms with E-state index in [1.54, 1.807) is 6.20 Å². The summed E-state index contributed by atoms with van der Waals surface area (Å²) in [5.74, 6) is 5.08. The van der Waals surface area contributed by atoms with Gasteiger partial charge < -0.3 is 5.84 Å². The third-order valence-corrected chi connectivity index (χ3v) is 1.76. The summed E-state index contributed by atoms with van der Waals surface area (Å²) in [5.41, 5.74) is 1.54. The van der Waals surface area contributed by atoms with Crippen molar-refractivity contribution in [2.75, 3.05) is 0 Å². The van der Waals surface area contributed by atoms with Crippen LogP contribution in [-0.4, -0.2) is 10.7 Å². The number of nitrogens with two attached hydrogens (primary N) is 1. The van der Waals surface area contributed by atoms with Gasteiger partial charge in [0.15, 0.2) is 0 Å². The minimum Gasteiger partial charge on any atom is -0.323 e. The van der Waals surface area contributed by atoms with Gasteiger partial charge in [0.25, 0.3) is 0 Å². The number of hydrogen-bond acceptors (Lipinski definition) is 3. The highest BCUT2D eigenvalue weighted by molar-refractivity contribution is 9.10. The Bertz CT molecular complexity index is 266. The van der Waals surface area contributed by atoms with E-state index in [0.29, 0.717) is 0 Å². The van der Waals surface area contributed by atoms with Gasteiger partial charge in [0.2, 0.25) is 0 Å². The number of hydrogen-bond donors (Lipinski definition) is 1. The van der Waals surface area contributed by atoms with Gasteiger partial charge in [0, 0.05) is 10.7 Å². The highest BCUT2D eigenvalue weighted by Gasteiger charge is 1.96. The Morgan fingerprint density at radius 3 is 2.82 bits per heavy atom. The van der Waals surface area contributed by atoms with E-state index < -0.39 is 0 Å². The normalized spacial score (nSPS) is 11.6. The first kappa shape index (κ1) is 8.20. The van der Waals surface area contributed by atoms with E-state index in [1.807, 2.05) is 19.1 Å². The smallest absolute Gasteiger partial charge is 0.0860 e. The first-order valence-electron chi connectivity index (χ1n) is 3.10. The SMILES string of the molecule is CC(=NN)c1ccc(Br)cn1. The molecular weight excluding hydrogens is 206 g/mol. The summed E-state index contributed by atoms with van der Waals surface area (Å²) in [7, 11) is 0. The molecule has 1 rings (SSSR count). The summed E-state index contributed by atoms with van der Waals surface area (Å²) in [6.45, 7) is 1.82. The van der Waals surface area contributed by atoms with E-state index in [-0.39, 0.29) is 0 Å². The van der Waals surface area contributed by atoms with Crippen molar-refractivity contribution in [2.24, 2.45) is 10.9 Å². The molecule has 0 saturated heterocycles. The molecule has 1 heterocycles. The molecule has 11 heavy (non-hydrogen) atoms. The van der Waals surface area contributed by atoms with Gasteiger partial charge >= 0.3 is 0 Å². The number of aromatic nitrogens is 1. The summed E-state index contributed by atoms with van der Waals surface area (Å²) in [6, 6.07) is 3.76. The minimum absolute atomic E-state index is 0.734. The second kappa shape index (κ2) is 3.48. The van der Waals surface area contributed by atoms with Crippen LogP contribution in [0.3, 0.4) is 0 Å². The van der Waals surface area contributed by atoms with E-state index >= 15 is 0 Å². The zero-order valence-corrected chi connectivity index (χ0v) is 7.67. The van der Waals surface area contributed by atoms with Gasteiger partial charge in [-0.2, -0.15) is 5.10 Å². The summed E-state index contributed by atoms with van der Waals surface area (Å²) in [4.78, 5) is 4.09. The lowest BCUT2D eigenvalue weighted by atomic mass is 10.3. The van der Waals surface area contributed by atoms with Crippen LogP contribution < -0.4 is 5.84 Å². The maximum atomic E-state index is 5.08. The van der Waals surface area contributed by atoms with Gasteiger partial charge in [-0.25, -0.2) is 0 Å². The predicted molar refractivity (Wildman–Crippen MR) is 48.3 cm³/mol. The molecule has 3 nitrogen and oxygen atoms in total. The van der Waals surface area contributed by atoms with E-state index in [9.17, 15) is 0 Å². The second-order valence-corrected chi connectivity index (χ2v) is 2.99. The van der Waals surface area contributed by atoms with Crippen LogP contribution in [0.1, 0.15) is 12.6 Å². The fraction of sp³-hybridized carbons (Fsp3) is 0.143. The van der Waals surface area contributed by atoms with Crippen LogP contribution in [0.5, 0.6) is 0 Å². The maximum Gasteiger partial charge on any atom is 0.0860 e. The molecule has 1 aromatic rings. The van der Waals surface area contributed by atoms with Gasteiger partial charge in [-0.05, 0) is 35.0 Å². The van der Waals surface area contributed by atoms with Crippen LogP contribution in [0.2, 0.25) is 0 Å². The number of rotatable bonds is 1. The molecule has 0 aliphatic carbocycles. The molecule has 0 atom stereocenters. The predicted octanol–water partition coefficient (Wildman–Crippen LogP) is 1.53. The van der Waals surface area contributed by atoms with Crippen molar-refractivity contribution in [3.8, 4) is 0 Å². The maximum absolute atomic E-state index is 5.08. The average molecular weight is 214 g/mol. The number of pyridine rings is 1. The first-order chi connectivity index (χ1) is 5.24. The van der Waals surface area contributed by atoms with Crippen molar-refractivity contribution in [1.82, 2.24) is 4.98 Å². The largest absolute Gasteiger partial charge is 0.323 e. The molecule has 0 radical (unpaired) electrons. The van der Waals surface area contributed by atoms with Crippen LogP contribution in [0.15, 0.2) is 27.9 Å². The average Bonchev–Trinajstić information content (AvgIpc) is 2.05. The van der Waals surface area contributed by atoms with E-state index in [1.165, 1.54) is 0 Å². The molecule has 0 unspecified atom stereocenters. The molecule has 2 N–H and O–H groups in total. The summed E-state index contributed by atoms with van der Waals surface area (Å²) < 4.78 is 0.950. The fourth-order valence-electron chi connectivity index (χ4n) is 0.656. The lowest BCUT2D eigenvalue weighted by molar-refractivity contribution is 1.20. The van der Waals surface area contributed by atoms with Crippen LogP contribution in [-0.2, 0) is 0 Å². The van der Waals surface area contributed by atoms with Crippen molar-refractivity contribution < 1.29 is 0 Å². The number of nitrogens with zero attached hydrogens (tertiary/aromatic N) is 2. The van der Waals surface area contributed by atoms with Crippen molar-refractivity contribution in [2.45, 2.75) is 6.92 Å². The molecule has 0 bridgehead atoms. The zero-order valence-electron chi connectivity index (χ0n) is 6.08. The molecule has 0 aromatic carbocycles. The molecule has 0 fully saturated rings. The summed E-state index contributed by atoms with van der Waals surface area (Å²) in [6.07, 6.45) is 1.71. The quantitative estimate of drug-likeness (QED) is 0.437. The Kier molecular flexibility index (Phi) is 2.59. The molecular formula is C7H8BrN3. The summed E-state index contributed by atoms with van der Waals surface area (Å²) in [5, 5.41) is 3.53. The monoisotopic (exact) mass is 213 g/mol. The fourth-order valence-corrected chi connectivity index (χ4v) is 0.891. The van der Waals surface area contributed by atoms with Crippen LogP contribution in [0.25, 0.3) is 0 Å². The Hall–Kier alpha value is -0.900. The van der Waals surface area contributed by atoms with E-state index in [0.717, 1.165) is 15.9 Å². The second-order valence-electron chi connectivity index (χ2n) is 2.08.